The van der Waals surface area contributed by atoms with Gasteiger partial charge < -0.3 is 9.64 Å². The molecule has 1 aliphatic heterocycles. The smallest absolute Gasteiger partial charge is 0.257 e. The second-order valence-corrected chi connectivity index (χ2v) is 6.64. The van der Waals surface area contributed by atoms with Crippen LogP contribution in [0.25, 0.3) is 5.69 Å². The molecule has 0 spiro atoms. The summed E-state index contributed by atoms with van der Waals surface area (Å²) < 4.78 is 8.14. The van der Waals surface area contributed by atoms with Gasteiger partial charge in [-0.15, -0.1) is 0 Å². The van der Waals surface area contributed by atoms with E-state index in [1.54, 1.807) is 17.1 Å². The van der Waals surface area contributed by atoms with Gasteiger partial charge in [0, 0.05) is 36.3 Å². The fourth-order valence-corrected chi connectivity index (χ4v) is 3.01. The zero-order valence-corrected chi connectivity index (χ0v) is 14.7. The van der Waals surface area contributed by atoms with E-state index in [1.807, 2.05) is 36.1 Å². The van der Waals surface area contributed by atoms with Crippen LogP contribution in [0.3, 0.4) is 0 Å². The first-order valence-corrected chi connectivity index (χ1v) is 8.64. The van der Waals surface area contributed by atoms with Crippen molar-refractivity contribution in [2.45, 2.75) is 13.3 Å². The molecule has 0 aliphatic carbocycles. The Kier molecular flexibility index (Phi) is 5.13. The van der Waals surface area contributed by atoms with E-state index < -0.39 is 0 Å². The van der Waals surface area contributed by atoms with Crippen LogP contribution in [0.15, 0.2) is 41.1 Å². The Bertz CT molecular complexity index is 663. The Morgan fingerprint density at radius 2 is 2.22 bits per heavy atom. The highest BCUT2D eigenvalue weighted by Gasteiger charge is 2.23. The number of carbonyl (C=O) groups is 1. The molecule has 1 atom stereocenters. The SMILES string of the molecule is CCN(CC1CCOC1)C(=O)c1cnn(-c2ccc(Br)cc2)c1. The Hall–Kier alpha value is -1.66. The molecule has 2 aromatic rings. The fraction of sp³-hybridized carbons (Fsp3) is 0.412. The second kappa shape index (κ2) is 7.27. The van der Waals surface area contributed by atoms with Crippen LogP contribution < -0.4 is 0 Å². The minimum absolute atomic E-state index is 0.0303. The van der Waals surface area contributed by atoms with E-state index in [0.717, 1.165) is 36.3 Å². The molecule has 1 aromatic carbocycles. The minimum atomic E-state index is 0.0303. The van der Waals surface area contributed by atoms with Gasteiger partial charge in [0.05, 0.1) is 24.1 Å². The average Bonchev–Trinajstić information content (AvgIpc) is 3.24. The molecule has 0 saturated carbocycles. The van der Waals surface area contributed by atoms with Crippen molar-refractivity contribution in [1.82, 2.24) is 14.7 Å². The molecule has 1 saturated heterocycles. The molecular formula is C17H20BrN3O2. The fourth-order valence-electron chi connectivity index (χ4n) is 2.75. The summed E-state index contributed by atoms with van der Waals surface area (Å²) in [6.07, 6.45) is 4.46. The van der Waals surface area contributed by atoms with E-state index in [2.05, 4.69) is 21.0 Å². The van der Waals surface area contributed by atoms with Crippen molar-refractivity contribution in [2.75, 3.05) is 26.3 Å². The van der Waals surface area contributed by atoms with E-state index >= 15 is 0 Å². The van der Waals surface area contributed by atoms with Gasteiger partial charge in [-0.05, 0) is 37.6 Å². The molecule has 2 heterocycles. The lowest BCUT2D eigenvalue weighted by atomic mass is 10.1. The van der Waals surface area contributed by atoms with Crippen molar-refractivity contribution in [1.29, 1.82) is 0 Å². The quantitative estimate of drug-likeness (QED) is 0.803. The van der Waals surface area contributed by atoms with Gasteiger partial charge in [0.25, 0.3) is 5.91 Å². The maximum Gasteiger partial charge on any atom is 0.257 e. The first-order chi connectivity index (χ1) is 11.2. The van der Waals surface area contributed by atoms with Gasteiger partial charge in [0.1, 0.15) is 0 Å². The number of benzene rings is 1. The summed E-state index contributed by atoms with van der Waals surface area (Å²) in [6.45, 7) is 5.00. The van der Waals surface area contributed by atoms with Crippen LogP contribution in [0.4, 0.5) is 0 Å². The average molecular weight is 378 g/mol. The number of hydrogen-bond donors (Lipinski definition) is 0. The molecule has 6 heteroatoms. The van der Waals surface area contributed by atoms with Crippen LogP contribution in [0.5, 0.6) is 0 Å². The summed E-state index contributed by atoms with van der Waals surface area (Å²) in [5.74, 6) is 0.475. The lowest BCUT2D eigenvalue weighted by Gasteiger charge is -2.23. The van der Waals surface area contributed by atoms with Gasteiger partial charge in [-0.2, -0.15) is 5.10 Å². The number of halogens is 1. The maximum atomic E-state index is 12.7. The van der Waals surface area contributed by atoms with E-state index in [9.17, 15) is 4.79 Å². The predicted molar refractivity (Wildman–Crippen MR) is 91.8 cm³/mol. The molecule has 23 heavy (non-hydrogen) atoms. The summed E-state index contributed by atoms with van der Waals surface area (Å²) in [6, 6.07) is 7.82. The Balaban J connectivity index is 1.72. The number of ether oxygens (including phenoxy) is 1. The van der Waals surface area contributed by atoms with Crippen LogP contribution in [0, 0.1) is 5.92 Å². The molecule has 5 nitrogen and oxygen atoms in total. The van der Waals surface area contributed by atoms with Crippen LogP contribution in [0.2, 0.25) is 0 Å². The predicted octanol–water partition coefficient (Wildman–Crippen LogP) is 3.13. The molecule has 1 unspecified atom stereocenters. The van der Waals surface area contributed by atoms with Gasteiger partial charge in [-0.3, -0.25) is 4.79 Å². The largest absolute Gasteiger partial charge is 0.381 e. The highest BCUT2D eigenvalue weighted by Crippen LogP contribution is 2.17. The Morgan fingerprint density at radius 1 is 1.43 bits per heavy atom. The third-order valence-electron chi connectivity index (χ3n) is 4.09. The Morgan fingerprint density at radius 3 is 2.87 bits per heavy atom. The lowest BCUT2D eigenvalue weighted by molar-refractivity contribution is 0.0731. The van der Waals surface area contributed by atoms with Gasteiger partial charge in [0.15, 0.2) is 0 Å². The highest BCUT2D eigenvalue weighted by atomic mass is 79.9. The van der Waals surface area contributed by atoms with Gasteiger partial charge in [-0.1, -0.05) is 15.9 Å². The molecular weight excluding hydrogens is 358 g/mol. The topological polar surface area (TPSA) is 47.4 Å². The van der Waals surface area contributed by atoms with Crippen LogP contribution >= 0.6 is 15.9 Å². The second-order valence-electron chi connectivity index (χ2n) is 5.72. The first kappa shape index (κ1) is 16.2. The molecule has 122 valence electrons. The van der Waals surface area contributed by atoms with Crippen molar-refractivity contribution in [3.63, 3.8) is 0 Å². The zero-order valence-electron chi connectivity index (χ0n) is 13.1. The number of carbonyl (C=O) groups excluding carboxylic acids is 1. The van der Waals surface area contributed by atoms with Gasteiger partial charge in [-0.25, -0.2) is 4.68 Å². The minimum Gasteiger partial charge on any atom is -0.381 e. The molecule has 1 aromatic heterocycles. The molecule has 1 aliphatic rings. The monoisotopic (exact) mass is 377 g/mol. The summed E-state index contributed by atoms with van der Waals surface area (Å²) >= 11 is 3.42. The van der Waals surface area contributed by atoms with Crippen molar-refractivity contribution >= 4 is 21.8 Å². The van der Waals surface area contributed by atoms with E-state index in [0.29, 0.717) is 18.0 Å². The van der Waals surface area contributed by atoms with Crippen molar-refractivity contribution < 1.29 is 9.53 Å². The highest BCUT2D eigenvalue weighted by molar-refractivity contribution is 9.10. The molecule has 1 fully saturated rings. The third-order valence-corrected chi connectivity index (χ3v) is 4.62. The zero-order chi connectivity index (χ0) is 16.2. The van der Waals surface area contributed by atoms with Crippen LogP contribution in [0.1, 0.15) is 23.7 Å². The molecule has 0 radical (unpaired) electrons. The van der Waals surface area contributed by atoms with E-state index in [-0.39, 0.29) is 5.91 Å². The summed E-state index contributed by atoms with van der Waals surface area (Å²) in [4.78, 5) is 14.6. The summed E-state index contributed by atoms with van der Waals surface area (Å²) in [5, 5.41) is 4.31. The molecule has 3 rings (SSSR count). The molecule has 0 N–H and O–H groups in total. The van der Waals surface area contributed by atoms with Gasteiger partial charge >= 0.3 is 0 Å². The van der Waals surface area contributed by atoms with E-state index in [1.165, 1.54) is 0 Å². The maximum absolute atomic E-state index is 12.7. The standard InChI is InChI=1S/C17H20BrN3O2/c1-2-20(10-13-7-8-23-12-13)17(22)14-9-19-21(11-14)16-5-3-15(18)4-6-16/h3-6,9,11,13H,2,7-8,10,12H2,1H3. The van der Waals surface area contributed by atoms with Crippen molar-refractivity contribution in [3.8, 4) is 5.69 Å². The van der Waals surface area contributed by atoms with Gasteiger partial charge in [0.2, 0.25) is 0 Å². The Labute approximate surface area is 144 Å². The van der Waals surface area contributed by atoms with Crippen molar-refractivity contribution in [2.24, 2.45) is 5.92 Å². The number of nitrogens with zero attached hydrogens (tertiary/aromatic N) is 3. The van der Waals surface area contributed by atoms with Crippen LogP contribution in [-0.4, -0.2) is 46.9 Å². The molecule has 0 bridgehead atoms. The number of amides is 1. The van der Waals surface area contributed by atoms with Crippen molar-refractivity contribution in [3.05, 3.63) is 46.7 Å². The number of hydrogen-bond acceptors (Lipinski definition) is 3. The third kappa shape index (κ3) is 3.82. The normalized spacial score (nSPS) is 17.4. The first-order valence-electron chi connectivity index (χ1n) is 7.85. The number of aromatic nitrogens is 2. The number of rotatable bonds is 5. The molecule has 1 amide bonds. The lowest BCUT2D eigenvalue weighted by Crippen LogP contribution is -2.35. The summed E-state index contributed by atoms with van der Waals surface area (Å²) in [5.41, 5.74) is 1.55. The summed E-state index contributed by atoms with van der Waals surface area (Å²) in [7, 11) is 0. The van der Waals surface area contributed by atoms with E-state index in [4.69, 9.17) is 4.74 Å². The van der Waals surface area contributed by atoms with Crippen LogP contribution in [-0.2, 0) is 4.74 Å².